The third kappa shape index (κ3) is 7.63. The van der Waals surface area contributed by atoms with E-state index in [0.717, 1.165) is 22.6 Å². The van der Waals surface area contributed by atoms with Gasteiger partial charge in [-0.1, -0.05) is 63.2 Å². The Morgan fingerprint density at radius 2 is 1.89 bits per heavy atom. The molecule has 1 amide bonds. The highest BCUT2D eigenvalue weighted by molar-refractivity contribution is 5.81. The molecule has 1 heterocycles. The van der Waals surface area contributed by atoms with Crippen molar-refractivity contribution in [2.45, 2.75) is 59.0 Å². The third-order valence-electron chi connectivity index (χ3n) is 6.17. The molecule has 1 unspecified atom stereocenters. The lowest BCUT2D eigenvalue weighted by Crippen LogP contribution is -2.45. The van der Waals surface area contributed by atoms with E-state index in [1.54, 1.807) is 14.0 Å². The molecule has 3 atom stereocenters. The Morgan fingerprint density at radius 3 is 2.51 bits per heavy atom. The molecule has 0 spiro atoms. The van der Waals surface area contributed by atoms with Crippen molar-refractivity contribution in [1.29, 1.82) is 0 Å². The number of nitrogens with one attached hydrogen (secondary N) is 1. The predicted octanol–water partition coefficient (Wildman–Crippen LogP) is 4.90. The molecule has 0 aliphatic heterocycles. The molecule has 0 aliphatic rings. The molecule has 0 fully saturated rings. The number of imidazole rings is 1. The summed E-state index contributed by atoms with van der Waals surface area (Å²) in [6, 6.07) is 17.3. The van der Waals surface area contributed by atoms with Crippen LogP contribution in [0.3, 0.4) is 0 Å². The molecule has 37 heavy (non-hydrogen) atoms. The summed E-state index contributed by atoms with van der Waals surface area (Å²) in [6.45, 7) is 8.60. The molecule has 0 saturated heterocycles. The Kier molecular flexibility index (Phi) is 9.83. The zero-order chi connectivity index (χ0) is 27.0. The minimum atomic E-state index is -1.32. The zero-order valence-corrected chi connectivity index (χ0v) is 22.4. The van der Waals surface area contributed by atoms with Crippen molar-refractivity contribution in [2.24, 2.45) is 11.1 Å². The Morgan fingerprint density at radius 1 is 1.16 bits per heavy atom. The van der Waals surface area contributed by atoms with Gasteiger partial charge >= 0.3 is 0 Å². The Bertz CT molecular complexity index is 1140. The van der Waals surface area contributed by atoms with Gasteiger partial charge in [0.15, 0.2) is 0 Å². The molecular weight excluding hydrogens is 471 g/mol. The summed E-state index contributed by atoms with van der Waals surface area (Å²) in [6.07, 6.45) is -0.367. The summed E-state index contributed by atoms with van der Waals surface area (Å²) >= 11 is 0. The van der Waals surface area contributed by atoms with Gasteiger partial charge in [-0.3, -0.25) is 4.79 Å². The first kappa shape index (κ1) is 28.3. The van der Waals surface area contributed by atoms with Crippen molar-refractivity contribution in [2.75, 3.05) is 20.3 Å². The standard InChI is InChI=1S/C29H39FN4O3/c1-6-37-25(16-22(30)17-31)28(35)33-26(29(2,3)4)27-32-24(21-13-10-14-23(15-21)36-5)19-34(27)18-20-11-8-7-9-12-20/h7-15,19,22,25-26H,6,16-18,31H2,1-5H3,(H,33,35)/t22-,25?,26+/m1/s1. The number of ether oxygens (including phenoxy) is 2. The highest BCUT2D eigenvalue weighted by atomic mass is 19.1. The van der Waals surface area contributed by atoms with Crippen LogP contribution in [0.15, 0.2) is 60.8 Å². The minimum Gasteiger partial charge on any atom is -0.497 e. The van der Waals surface area contributed by atoms with Gasteiger partial charge < -0.3 is 25.1 Å². The molecular formula is C29H39FN4O3. The number of hydrogen-bond acceptors (Lipinski definition) is 5. The first-order valence-corrected chi connectivity index (χ1v) is 12.7. The van der Waals surface area contributed by atoms with Crippen molar-refractivity contribution in [3.8, 4) is 17.0 Å². The van der Waals surface area contributed by atoms with Crippen molar-refractivity contribution < 1.29 is 18.7 Å². The molecule has 0 saturated carbocycles. The van der Waals surface area contributed by atoms with E-state index in [9.17, 15) is 9.18 Å². The molecule has 0 bridgehead atoms. The van der Waals surface area contributed by atoms with E-state index < -0.39 is 23.7 Å². The number of benzene rings is 2. The van der Waals surface area contributed by atoms with E-state index in [4.69, 9.17) is 20.2 Å². The van der Waals surface area contributed by atoms with E-state index in [0.29, 0.717) is 12.4 Å². The Hall–Kier alpha value is -3.23. The molecule has 1 aromatic heterocycles. The number of halogens is 1. The first-order valence-electron chi connectivity index (χ1n) is 12.7. The smallest absolute Gasteiger partial charge is 0.249 e. The number of rotatable bonds is 12. The highest BCUT2D eigenvalue weighted by Gasteiger charge is 2.35. The number of alkyl halides is 1. The number of carbonyl (C=O) groups is 1. The normalized spacial score (nSPS) is 14.1. The maximum absolute atomic E-state index is 14.1. The van der Waals surface area contributed by atoms with E-state index >= 15 is 0 Å². The lowest BCUT2D eigenvalue weighted by Gasteiger charge is -2.33. The van der Waals surface area contributed by atoms with Gasteiger partial charge in [-0.15, -0.1) is 0 Å². The van der Waals surface area contributed by atoms with Crippen LogP contribution in [-0.4, -0.2) is 48.0 Å². The number of nitrogens with zero attached hydrogens (tertiary/aromatic N) is 2. The topological polar surface area (TPSA) is 91.4 Å². The maximum Gasteiger partial charge on any atom is 0.249 e. The van der Waals surface area contributed by atoms with E-state index in [2.05, 4.69) is 22.0 Å². The summed E-state index contributed by atoms with van der Waals surface area (Å²) in [5, 5.41) is 3.12. The van der Waals surface area contributed by atoms with Gasteiger partial charge in [0.05, 0.1) is 18.8 Å². The van der Waals surface area contributed by atoms with Crippen LogP contribution in [0.2, 0.25) is 0 Å². The van der Waals surface area contributed by atoms with E-state index in [1.165, 1.54) is 0 Å². The van der Waals surface area contributed by atoms with Crippen LogP contribution in [0, 0.1) is 5.41 Å². The Balaban J connectivity index is 2.04. The molecule has 0 aliphatic carbocycles. The summed E-state index contributed by atoms with van der Waals surface area (Å²) in [4.78, 5) is 18.4. The van der Waals surface area contributed by atoms with Gasteiger partial charge in [0.1, 0.15) is 23.8 Å². The van der Waals surface area contributed by atoms with Gasteiger partial charge in [-0.25, -0.2) is 9.37 Å². The summed E-state index contributed by atoms with van der Waals surface area (Å²) in [5.41, 5.74) is 7.84. The predicted molar refractivity (Wildman–Crippen MR) is 144 cm³/mol. The van der Waals surface area contributed by atoms with Gasteiger partial charge in [-0.2, -0.15) is 0 Å². The van der Waals surface area contributed by atoms with Crippen molar-refractivity contribution in [3.63, 3.8) is 0 Å². The van der Waals surface area contributed by atoms with Crippen molar-refractivity contribution in [1.82, 2.24) is 14.9 Å². The molecule has 3 rings (SSSR count). The molecule has 200 valence electrons. The number of carbonyl (C=O) groups excluding carboxylic acids is 1. The van der Waals surface area contributed by atoms with Gasteiger partial charge in [0, 0.05) is 37.9 Å². The molecule has 3 aromatic rings. The molecule has 7 nitrogen and oxygen atoms in total. The lowest BCUT2D eigenvalue weighted by atomic mass is 9.85. The summed E-state index contributed by atoms with van der Waals surface area (Å²) < 4.78 is 27.2. The molecule has 8 heteroatoms. The van der Waals surface area contributed by atoms with Gasteiger partial charge in [0.25, 0.3) is 0 Å². The number of methoxy groups -OCH3 is 1. The van der Waals surface area contributed by atoms with Crippen molar-refractivity contribution in [3.05, 3.63) is 72.2 Å². The highest BCUT2D eigenvalue weighted by Crippen LogP contribution is 2.35. The van der Waals surface area contributed by atoms with E-state index in [1.807, 2.05) is 69.4 Å². The van der Waals surface area contributed by atoms with Crippen LogP contribution in [0.4, 0.5) is 4.39 Å². The van der Waals surface area contributed by atoms with Crippen LogP contribution in [0.25, 0.3) is 11.3 Å². The van der Waals surface area contributed by atoms with Crippen LogP contribution in [0.5, 0.6) is 5.75 Å². The second-order valence-electron chi connectivity index (χ2n) is 10.2. The van der Waals surface area contributed by atoms with Crippen LogP contribution >= 0.6 is 0 Å². The van der Waals surface area contributed by atoms with Crippen LogP contribution < -0.4 is 15.8 Å². The van der Waals surface area contributed by atoms with E-state index in [-0.39, 0.29) is 25.5 Å². The molecule has 3 N–H and O–H groups in total. The SMILES string of the molecule is CCOC(C[C@@H](F)CN)C(=O)N[C@@H](c1nc(-c2cccc(OC)c2)cn1Cc1ccccc1)C(C)(C)C. The molecule has 0 radical (unpaired) electrons. The first-order chi connectivity index (χ1) is 17.7. The van der Waals surface area contributed by atoms with Crippen LogP contribution in [-0.2, 0) is 16.1 Å². The second-order valence-corrected chi connectivity index (χ2v) is 10.2. The van der Waals surface area contributed by atoms with Crippen LogP contribution in [0.1, 0.15) is 51.5 Å². The van der Waals surface area contributed by atoms with Crippen molar-refractivity contribution >= 4 is 5.91 Å². The fourth-order valence-corrected chi connectivity index (χ4v) is 4.17. The summed E-state index contributed by atoms with van der Waals surface area (Å²) in [7, 11) is 1.63. The average molecular weight is 511 g/mol. The fourth-order valence-electron chi connectivity index (χ4n) is 4.17. The quantitative estimate of drug-likeness (QED) is 0.362. The van der Waals surface area contributed by atoms with Gasteiger partial charge in [-0.05, 0) is 30.0 Å². The third-order valence-corrected chi connectivity index (χ3v) is 6.17. The summed E-state index contributed by atoms with van der Waals surface area (Å²) in [5.74, 6) is 1.06. The largest absolute Gasteiger partial charge is 0.497 e. The molecule has 2 aromatic carbocycles. The monoisotopic (exact) mass is 510 g/mol. The number of amides is 1. The fraction of sp³-hybridized carbons (Fsp3) is 0.448. The lowest BCUT2D eigenvalue weighted by molar-refractivity contribution is -0.135. The van der Waals surface area contributed by atoms with Gasteiger partial charge in [0.2, 0.25) is 5.91 Å². The average Bonchev–Trinajstić information content (AvgIpc) is 3.29. The number of aromatic nitrogens is 2. The number of hydrogen-bond donors (Lipinski definition) is 2. The Labute approximate surface area is 219 Å². The zero-order valence-electron chi connectivity index (χ0n) is 22.4. The number of nitrogens with two attached hydrogens (primary N) is 1. The maximum atomic E-state index is 14.1. The second kappa shape index (κ2) is 12.8. The minimum absolute atomic E-state index is 0.0967.